The van der Waals surface area contributed by atoms with Crippen LogP contribution in [0.5, 0.6) is 0 Å². The van der Waals surface area contributed by atoms with Crippen molar-refractivity contribution in [1.82, 2.24) is 19.2 Å². The summed E-state index contributed by atoms with van der Waals surface area (Å²) in [6, 6.07) is 9.66. The third-order valence-corrected chi connectivity index (χ3v) is 6.10. The minimum atomic E-state index is -3.11. The minimum Gasteiger partial charge on any atom is -0.460 e. The number of anilines is 1. The molecular weight excluding hydrogens is 366 g/mol. The Morgan fingerprint density at radius 2 is 1.89 bits per heavy atom. The SMILES string of the molecule is CS(=O)(=O)N1CCN(Cc2ccc(-c3ccc4ncnc(N)c4c3)o2)CC1. The van der Waals surface area contributed by atoms with E-state index in [1.54, 1.807) is 0 Å². The second kappa shape index (κ2) is 6.91. The highest BCUT2D eigenvalue weighted by Crippen LogP contribution is 2.27. The largest absolute Gasteiger partial charge is 0.460 e. The van der Waals surface area contributed by atoms with Gasteiger partial charge in [0, 0.05) is 37.1 Å². The molecule has 0 saturated carbocycles. The van der Waals surface area contributed by atoms with Gasteiger partial charge >= 0.3 is 0 Å². The third-order valence-electron chi connectivity index (χ3n) is 4.79. The van der Waals surface area contributed by atoms with E-state index < -0.39 is 10.0 Å². The van der Waals surface area contributed by atoms with Crippen LogP contribution in [0, 0.1) is 0 Å². The average molecular weight is 387 g/mol. The van der Waals surface area contributed by atoms with E-state index in [2.05, 4.69) is 14.9 Å². The fourth-order valence-electron chi connectivity index (χ4n) is 3.29. The summed E-state index contributed by atoms with van der Waals surface area (Å²) in [5, 5.41) is 0.796. The molecule has 3 heterocycles. The molecule has 0 atom stereocenters. The van der Waals surface area contributed by atoms with Gasteiger partial charge in [-0.25, -0.2) is 18.4 Å². The van der Waals surface area contributed by atoms with E-state index in [4.69, 9.17) is 10.2 Å². The van der Waals surface area contributed by atoms with Gasteiger partial charge in [-0.05, 0) is 30.3 Å². The van der Waals surface area contributed by atoms with Crippen LogP contribution in [-0.4, -0.2) is 60.0 Å². The number of furan rings is 1. The lowest BCUT2D eigenvalue weighted by atomic mass is 10.1. The molecule has 1 aliphatic heterocycles. The van der Waals surface area contributed by atoms with Crippen molar-refractivity contribution in [1.29, 1.82) is 0 Å². The van der Waals surface area contributed by atoms with Crippen LogP contribution in [0.15, 0.2) is 41.1 Å². The standard InChI is InChI=1S/C18H21N5O3S/c1-27(24,25)23-8-6-22(7-9-23)11-14-3-5-17(26-14)13-2-4-16-15(10-13)18(19)21-12-20-16/h2-5,10,12H,6-9,11H2,1H3,(H2,19,20,21). The quantitative estimate of drug-likeness (QED) is 0.724. The molecule has 1 aromatic carbocycles. The molecule has 142 valence electrons. The number of aromatic nitrogens is 2. The number of rotatable bonds is 4. The Morgan fingerprint density at radius 3 is 2.63 bits per heavy atom. The lowest BCUT2D eigenvalue weighted by Gasteiger charge is -2.32. The van der Waals surface area contributed by atoms with Gasteiger partial charge in [0.15, 0.2) is 0 Å². The Kier molecular flexibility index (Phi) is 4.58. The molecule has 9 heteroatoms. The lowest BCUT2D eigenvalue weighted by molar-refractivity contribution is 0.172. The van der Waals surface area contributed by atoms with Crippen molar-refractivity contribution in [3.8, 4) is 11.3 Å². The van der Waals surface area contributed by atoms with Crippen molar-refractivity contribution in [2.45, 2.75) is 6.54 Å². The number of piperazine rings is 1. The number of nitrogen functional groups attached to an aromatic ring is 1. The van der Waals surface area contributed by atoms with Crippen molar-refractivity contribution < 1.29 is 12.8 Å². The Labute approximate surface area is 157 Å². The minimum absolute atomic E-state index is 0.442. The summed E-state index contributed by atoms with van der Waals surface area (Å²) in [5.41, 5.74) is 7.65. The van der Waals surface area contributed by atoms with Crippen LogP contribution in [-0.2, 0) is 16.6 Å². The molecule has 8 nitrogen and oxygen atoms in total. The molecule has 0 radical (unpaired) electrons. The molecule has 1 saturated heterocycles. The molecular formula is C18H21N5O3S. The number of fused-ring (bicyclic) bond motifs is 1. The molecule has 4 rings (SSSR count). The summed E-state index contributed by atoms with van der Waals surface area (Å²) in [5.74, 6) is 2.04. The molecule has 3 aromatic rings. The van der Waals surface area contributed by atoms with Crippen LogP contribution in [0.3, 0.4) is 0 Å². The van der Waals surface area contributed by atoms with E-state index >= 15 is 0 Å². The maximum atomic E-state index is 11.6. The summed E-state index contributed by atoms with van der Waals surface area (Å²) in [6.07, 6.45) is 2.70. The number of sulfonamides is 1. The molecule has 27 heavy (non-hydrogen) atoms. The first kappa shape index (κ1) is 17.9. The summed E-state index contributed by atoms with van der Waals surface area (Å²) in [4.78, 5) is 10.4. The van der Waals surface area contributed by atoms with Gasteiger partial charge < -0.3 is 10.2 Å². The van der Waals surface area contributed by atoms with Crippen molar-refractivity contribution in [2.24, 2.45) is 0 Å². The van der Waals surface area contributed by atoms with Crippen LogP contribution in [0.2, 0.25) is 0 Å². The third kappa shape index (κ3) is 3.80. The number of benzene rings is 1. The number of hydrogen-bond donors (Lipinski definition) is 1. The van der Waals surface area contributed by atoms with E-state index in [-0.39, 0.29) is 0 Å². The molecule has 0 bridgehead atoms. The van der Waals surface area contributed by atoms with Gasteiger partial charge in [-0.1, -0.05) is 0 Å². The number of hydrogen-bond acceptors (Lipinski definition) is 7. The first-order chi connectivity index (χ1) is 12.9. The summed E-state index contributed by atoms with van der Waals surface area (Å²) >= 11 is 0. The predicted molar refractivity (Wildman–Crippen MR) is 103 cm³/mol. The summed E-state index contributed by atoms with van der Waals surface area (Å²) in [6.45, 7) is 3.04. The topological polar surface area (TPSA) is 106 Å². The van der Waals surface area contributed by atoms with Crippen LogP contribution in [0.25, 0.3) is 22.2 Å². The Hall–Kier alpha value is -2.49. The summed E-state index contributed by atoms with van der Waals surface area (Å²) in [7, 11) is -3.11. The molecule has 1 fully saturated rings. The van der Waals surface area contributed by atoms with Gasteiger partial charge in [0.05, 0.1) is 18.3 Å². The molecule has 2 N–H and O–H groups in total. The maximum absolute atomic E-state index is 11.6. The lowest BCUT2D eigenvalue weighted by Crippen LogP contribution is -2.47. The second-order valence-electron chi connectivity index (χ2n) is 6.69. The monoisotopic (exact) mass is 387 g/mol. The highest BCUT2D eigenvalue weighted by molar-refractivity contribution is 7.88. The Bertz CT molecular complexity index is 1070. The molecule has 0 amide bonds. The number of nitrogens with zero attached hydrogens (tertiary/aromatic N) is 4. The maximum Gasteiger partial charge on any atom is 0.211 e. The van der Waals surface area contributed by atoms with Crippen molar-refractivity contribution in [3.63, 3.8) is 0 Å². The average Bonchev–Trinajstić information content (AvgIpc) is 3.10. The summed E-state index contributed by atoms with van der Waals surface area (Å²) < 4.78 is 30.7. The van der Waals surface area contributed by atoms with E-state index in [1.807, 2.05) is 30.3 Å². The fourth-order valence-corrected chi connectivity index (χ4v) is 4.11. The highest BCUT2D eigenvalue weighted by Gasteiger charge is 2.23. The molecule has 0 unspecified atom stereocenters. The smallest absolute Gasteiger partial charge is 0.211 e. The van der Waals surface area contributed by atoms with Crippen LogP contribution >= 0.6 is 0 Å². The number of nitrogens with two attached hydrogens (primary N) is 1. The van der Waals surface area contributed by atoms with Crippen molar-refractivity contribution in [3.05, 3.63) is 42.4 Å². The van der Waals surface area contributed by atoms with Gasteiger partial charge in [-0.15, -0.1) is 0 Å². The van der Waals surface area contributed by atoms with Crippen molar-refractivity contribution in [2.75, 3.05) is 38.2 Å². The van der Waals surface area contributed by atoms with E-state index in [9.17, 15) is 8.42 Å². The Morgan fingerprint density at radius 1 is 1.11 bits per heavy atom. The zero-order chi connectivity index (χ0) is 19.0. The zero-order valence-electron chi connectivity index (χ0n) is 15.0. The van der Waals surface area contributed by atoms with Gasteiger partial charge in [0.25, 0.3) is 0 Å². The Balaban J connectivity index is 1.47. The first-order valence-corrected chi connectivity index (χ1v) is 10.5. The normalized spacial score (nSPS) is 16.8. The van der Waals surface area contributed by atoms with E-state index in [0.29, 0.717) is 38.5 Å². The van der Waals surface area contributed by atoms with E-state index in [1.165, 1.54) is 16.9 Å². The van der Waals surface area contributed by atoms with Crippen LogP contribution in [0.1, 0.15) is 5.76 Å². The molecule has 2 aromatic heterocycles. The van der Waals surface area contributed by atoms with Gasteiger partial charge in [-0.2, -0.15) is 4.31 Å². The van der Waals surface area contributed by atoms with Gasteiger partial charge in [-0.3, -0.25) is 4.90 Å². The van der Waals surface area contributed by atoms with Gasteiger partial charge in [0.1, 0.15) is 23.7 Å². The second-order valence-corrected chi connectivity index (χ2v) is 8.68. The van der Waals surface area contributed by atoms with Crippen LogP contribution < -0.4 is 5.73 Å². The van der Waals surface area contributed by atoms with E-state index in [0.717, 1.165) is 28.0 Å². The molecule has 0 spiro atoms. The highest BCUT2D eigenvalue weighted by atomic mass is 32.2. The fraction of sp³-hybridized carbons (Fsp3) is 0.333. The zero-order valence-corrected chi connectivity index (χ0v) is 15.8. The van der Waals surface area contributed by atoms with Crippen LogP contribution in [0.4, 0.5) is 5.82 Å². The molecule has 0 aliphatic carbocycles. The van der Waals surface area contributed by atoms with Crippen molar-refractivity contribution >= 4 is 26.7 Å². The molecule has 1 aliphatic rings. The predicted octanol–water partition coefficient (Wildman–Crippen LogP) is 1.55. The van der Waals surface area contributed by atoms with Gasteiger partial charge in [0.2, 0.25) is 10.0 Å². The first-order valence-electron chi connectivity index (χ1n) is 8.67.